The van der Waals surface area contributed by atoms with E-state index in [1.54, 1.807) is 18.3 Å². The predicted molar refractivity (Wildman–Crippen MR) is 106 cm³/mol. The largest absolute Gasteiger partial charge is 0.353 e. The highest BCUT2D eigenvalue weighted by atomic mass is 19.1. The van der Waals surface area contributed by atoms with Gasteiger partial charge in [0.05, 0.1) is 0 Å². The normalized spacial score (nSPS) is 14.2. The molecule has 1 amide bonds. The third-order valence-corrected chi connectivity index (χ3v) is 4.88. The van der Waals surface area contributed by atoms with Crippen LogP contribution in [0.2, 0.25) is 0 Å². The maximum atomic E-state index is 13.1. The van der Waals surface area contributed by atoms with Crippen molar-refractivity contribution >= 4 is 11.7 Å². The van der Waals surface area contributed by atoms with E-state index in [4.69, 9.17) is 0 Å². The monoisotopic (exact) mass is 376 g/mol. The molecule has 142 valence electrons. The second-order valence-corrected chi connectivity index (χ2v) is 6.78. The number of amides is 1. The molecule has 0 spiro atoms. The van der Waals surface area contributed by atoms with Crippen molar-refractivity contribution < 1.29 is 9.18 Å². The van der Waals surface area contributed by atoms with E-state index in [2.05, 4.69) is 14.9 Å². The molecule has 0 atom stereocenters. The Balaban J connectivity index is 1.39. The predicted octanol–water partition coefficient (Wildman–Crippen LogP) is 3.17. The van der Waals surface area contributed by atoms with Crippen LogP contribution in [-0.4, -0.2) is 47.0 Å². The van der Waals surface area contributed by atoms with Crippen molar-refractivity contribution in [3.8, 4) is 0 Å². The van der Waals surface area contributed by atoms with E-state index in [9.17, 15) is 9.18 Å². The van der Waals surface area contributed by atoms with Crippen LogP contribution in [-0.2, 0) is 6.42 Å². The van der Waals surface area contributed by atoms with Gasteiger partial charge in [-0.2, -0.15) is 0 Å². The van der Waals surface area contributed by atoms with Gasteiger partial charge in [-0.3, -0.25) is 4.79 Å². The summed E-state index contributed by atoms with van der Waals surface area (Å²) < 4.78 is 13.1. The minimum atomic E-state index is -0.249. The first-order valence-electron chi connectivity index (χ1n) is 9.35. The van der Waals surface area contributed by atoms with Gasteiger partial charge in [0, 0.05) is 44.4 Å². The van der Waals surface area contributed by atoms with Gasteiger partial charge in [0.2, 0.25) is 0 Å². The van der Waals surface area contributed by atoms with Crippen molar-refractivity contribution in [2.45, 2.75) is 6.42 Å². The first-order chi connectivity index (χ1) is 13.7. The molecule has 0 unspecified atom stereocenters. The van der Waals surface area contributed by atoms with E-state index >= 15 is 0 Å². The Hall–Kier alpha value is -3.28. The number of carbonyl (C=O) groups excluding carboxylic acids is 1. The first kappa shape index (κ1) is 18.1. The average molecular weight is 376 g/mol. The summed E-state index contributed by atoms with van der Waals surface area (Å²) in [6.45, 7) is 2.77. The highest BCUT2D eigenvalue weighted by Crippen LogP contribution is 2.16. The topological polar surface area (TPSA) is 49.3 Å². The molecular formula is C22H21FN4O. The molecule has 2 aromatic carbocycles. The van der Waals surface area contributed by atoms with Crippen LogP contribution in [0.3, 0.4) is 0 Å². The van der Waals surface area contributed by atoms with E-state index in [1.165, 1.54) is 12.1 Å². The summed E-state index contributed by atoms with van der Waals surface area (Å²) in [5, 5.41) is 0. The van der Waals surface area contributed by atoms with Crippen LogP contribution in [0.1, 0.15) is 21.7 Å². The summed E-state index contributed by atoms with van der Waals surface area (Å²) in [7, 11) is 0. The first-order valence-corrected chi connectivity index (χ1v) is 9.35. The van der Waals surface area contributed by atoms with Crippen molar-refractivity contribution in [2.75, 3.05) is 31.1 Å². The number of hydrogen-bond acceptors (Lipinski definition) is 4. The number of hydrogen-bond donors (Lipinski definition) is 0. The lowest BCUT2D eigenvalue weighted by atomic mass is 10.1. The van der Waals surface area contributed by atoms with Crippen LogP contribution >= 0.6 is 0 Å². The fourth-order valence-electron chi connectivity index (χ4n) is 3.34. The number of nitrogens with zero attached hydrogens (tertiary/aromatic N) is 4. The fourth-order valence-corrected chi connectivity index (χ4v) is 3.34. The van der Waals surface area contributed by atoms with Crippen LogP contribution < -0.4 is 4.90 Å². The van der Waals surface area contributed by atoms with E-state index in [0.29, 0.717) is 25.3 Å². The SMILES string of the molecule is O=C(c1ccccc1)N1CCN(c2ccnc(Cc3ccc(F)cc3)n2)CC1. The molecule has 0 radical (unpaired) electrons. The summed E-state index contributed by atoms with van der Waals surface area (Å²) in [6, 6.07) is 17.7. The van der Waals surface area contributed by atoms with Crippen molar-refractivity contribution in [3.63, 3.8) is 0 Å². The van der Waals surface area contributed by atoms with Crippen LogP contribution in [0.25, 0.3) is 0 Å². The highest BCUT2D eigenvalue weighted by Gasteiger charge is 2.23. The summed E-state index contributed by atoms with van der Waals surface area (Å²) in [6.07, 6.45) is 2.31. The average Bonchev–Trinajstić information content (AvgIpc) is 2.76. The number of piperazine rings is 1. The molecule has 3 aromatic rings. The Kier molecular flexibility index (Phi) is 5.28. The standard InChI is InChI=1S/C22H21FN4O/c23-19-8-6-17(7-9-19)16-20-24-11-10-21(25-20)26-12-14-27(15-13-26)22(28)18-4-2-1-3-5-18/h1-11H,12-16H2. The molecule has 4 rings (SSSR count). The van der Waals surface area contributed by atoms with Crippen molar-refractivity contribution in [1.82, 2.24) is 14.9 Å². The van der Waals surface area contributed by atoms with Gasteiger partial charge in [0.25, 0.3) is 5.91 Å². The molecule has 0 saturated carbocycles. The zero-order valence-corrected chi connectivity index (χ0v) is 15.5. The molecule has 0 aliphatic carbocycles. The number of anilines is 1. The molecule has 5 nitrogen and oxygen atoms in total. The fraction of sp³-hybridized carbons (Fsp3) is 0.227. The second kappa shape index (κ2) is 8.17. The molecule has 1 saturated heterocycles. The minimum Gasteiger partial charge on any atom is -0.353 e. The molecule has 1 aliphatic rings. The molecule has 1 aliphatic heterocycles. The lowest BCUT2D eigenvalue weighted by molar-refractivity contribution is 0.0746. The van der Waals surface area contributed by atoms with Gasteiger partial charge in [0.15, 0.2) is 0 Å². The van der Waals surface area contributed by atoms with Crippen molar-refractivity contribution in [1.29, 1.82) is 0 Å². The van der Waals surface area contributed by atoms with Crippen LogP contribution in [0.5, 0.6) is 0 Å². The Bertz CT molecular complexity index is 938. The molecule has 1 aromatic heterocycles. The number of rotatable bonds is 4. The van der Waals surface area contributed by atoms with E-state index in [0.717, 1.165) is 30.0 Å². The number of aromatic nitrogens is 2. The Morgan fingerprint density at radius 1 is 0.929 bits per heavy atom. The molecule has 6 heteroatoms. The Morgan fingerprint density at radius 2 is 1.64 bits per heavy atom. The summed E-state index contributed by atoms with van der Waals surface area (Å²) in [5.74, 6) is 1.38. The molecule has 0 bridgehead atoms. The Morgan fingerprint density at radius 3 is 2.36 bits per heavy atom. The van der Waals surface area contributed by atoms with Gasteiger partial charge in [-0.15, -0.1) is 0 Å². The van der Waals surface area contributed by atoms with Gasteiger partial charge < -0.3 is 9.80 Å². The quantitative estimate of drug-likeness (QED) is 0.702. The molecular weight excluding hydrogens is 355 g/mol. The van der Waals surface area contributed by atoms with Crippen LogP contribution in [0.4, 0.5) is 10.2 Å². The number of benzene rings is 2. The Labute approximate surface area is 163 Å². The minimum absolute atomic E-state index is 0.0694. The summed E-state index contributed by atoms with van der Waals surface area (Å²) in [5.41, 5.74) is 1.69. The van der Waals surface area contributed by atoms with Gasteiger partial charge in [-0.1, -0.05) is 30.3 Å². The second-order valence-electron chi connectivity index (χ2n) is 6.78. The van der Waals surface area contributed by atoms with E-state index in [-0.39, 0.29) is 11.7 Å². The number of carbonyl (C=O) groups is 1. The molecule has 2 heterocycles. The maximum absolute atomic E-state index is 13.1. The smallest absolute Gasteiger partial charge is 0.253 e. The van der Waals surface area contributed by atoms with E-state index in [1.807, 2.05) is 41.3 Å². The zero-order valence-electron chi connectivity index (χ0n) is 15.5. The third-order valence-electron chi connectivity index (χ3n) is 4.88. The molecule has 1 fully saturated rings. The van der Waals surface area contributed by atoms with Crippen LogP contribution in [0.15, 0.2) is 66.9 Å². The lowest BCUT2D eigenvalue weighted by Gasteiger charge is -2.35. The summed E-state index contributed by atoms with van der Waals surface area (Å²) >= 11 is 0. The summed E-state index contributed by atoms with van der Waals surface area (Å²) in [4.78, 5) is 25.6. The van der Waals surface area contributed by atoms with E-state index < -0.39 is 0 Å². The number of halogens is 1. The zero-order chi connectivity index (χ0) is 19.3. The van der Waals surface area contributed by atoms with Crippen molar-refractivity contribution in [2.24, 2.45) is 0 Å². The van der Waals surface area contributed by atoms with Gasteiger partial charge in [-0.25, -0.2) is 14.4 Å². The van der Waals surface area contributed by atoms with Gasteiger partial charge >= 0.3 is 0 Å². The van der Waals surface area contributed by atoms with Gasteiger partial charge in [-0.05, 0) is 35.9 Å². The maximum Gasteiger partial charge on any atom is 0.253 e. The lowest BCUT2D eigenvalue weighted by Crippen LogP contribution is -2.49. The molecule has 0 N–H and O–H groups in total. The highest BCUT2D eigenvalue weighted by molar-refractivity contribution is 5.94. The van der Waals surface area contributed by atoms with Crippen molar-refractivity contribution in [3.05, 3.63) is 89.6 Å². The third kappa shape index (κ3) is 4.17. The van der Waals surface area contributed by atoms with Crippen LogP contribution in [0, 0.1) is 5.82 Å². The molecule has 28 heavy (non-hydrogen) atoms. The van der Waals surface area contributed by atoms with Gasteiger partial charge in [0.1, 0.15) is 17.5 Å².